The van der Waals surface area contributed by atoms with E-state index in [1.165, 1.54) is 6.42 Å². The molecule has 0 spiro atoms. The van der Waals surface area contributed by atoms with E-state index < -0.39 is 0 Å². The minimum atomic E-state index is -0.283. The first kappa shape index (κ1) is 14.4. The monoisotopic (exact) mass is 297 g/mol. The van der Waals surface area contributed by atoms with Gasteiger partial charge < -0.3 is 10.2 Å². The highest BCUT2D eigenvalue weighted by Crippen LogP contribution is 2.16. The van der Waals surface area contributed by atoms with Crippen LogP contribution in [-0.2, 0) is 0 Å². The molecule has 0 radical (unpaired) electrons. The number of piperidine rings is 1. The van der Waals surface area contributed by atoms with Crippen LogP contribution in [0.2, 0.25) is 0 Å². The summed E-state index contributed by atoms with van der Waals surface area (Å²) in [6.45, 7) is 3.70. The molecule has 0 saturated carbocycles. The van der Waals surface area contributed by atoms with E-state index in [4.69, 9.17) is 0 Å². The second kappa shape index (κ2) is 6.51. The van der Waals surface area contributed by atoms with Crippen molar-refractivity contribution >= 4 is 17.5 Å². The lowest BCUT2D eigenvalue weighted by Gasteiger charge is -2.26. The Balaban J connectivity index is 1.75. The second-order valence-corrected chi connectivity index (χ2v) is 5.41. The fraction of sp³-hybridized carbons (Fsp3) is 0.375. The van der Waals surface area contributed by atoms with Gasteiger partial charge in [0.1, 0.15) is 0 Å². The third kappa shape index (κ3) is 3.21. The van der Waals surface area contributed by atoms with Crippen LogP contribution in [0.25, 0.3) is 0 Å². The van der Waals surface area contributed by atoms with E-state index in [0.29, 0.717) is 11.6 Å². The zero-order chi connectivity index (χ0) is 15.4. The van der Waals surface area contributed by atoms with Crippen LogP contribution in [0.1, 0.15) is 35.4 Å². The summed E-state index contributed by atoms with van der Waals surface area (Å²) in [5, 5.41) is 11.0. The number of anilines is 2. The van der Waals surface area contributed by atoms with Gasteiger partial charge in [-0.05, 0) is 38.3 Å². The second-order valence-electron chi connectivity index (χ2n) is 5.41. The number of para-hydroxylation sites is 1. The molecule has 1 aliphatic rings. The lowest BCUT2D eigenvalue weighted by atomic mass is 10.1. The van der Waals surface area contributed by atoms with Crippen molar-refractivity contribution in [1.29, 1.82) is 0 Å². The van der Waals surface area contributed by atoms with Gasteiger partial charge in [-0.25, -0.2) is 4.98 Å². The van der Waals surface area contributed by atoms with Crippen LogP contribution < -0.4 is 10.2 Å². The first-order valence-corrected chi connectivity index (χ1v) is 7.57. The molecule has 0 unspecified atom stereocenters. The SMILES string of the molecule is Cc1nc(N2CCCCC2)nnc1C(=O)Nc1ccccc1. The van der Waals surface area contributed by atoms with E-state index in [0.717, 1.165) is 31.6 Å². The van der Waals surface area contributed by atoms with Crippen molar-refractivity contribution in [3.63, 3.8) is 0 Å². The third-order valence-electron chi connectivity index (χ3n) is 3.74. The Labute approximate surface area is 129 Å². The van der Waals surface area contributed by atoms with Crippen LogP contribution in [-0.4, -0.2) is 34.2 Å². The van der Waals surface area contributed by atoms with Crippen LogP contribution in [0.3, 0.4) is 0 Å². The Morgan fingerprint density at radius 2 is 1.82 bits per heavy atom. The first-order valence-electron chi connectivity index (χ1n) is 7.57. The van der Waals surface area contributed by atoms with Crippen molar-refractivity contribution in [2.75, 3.05) is 23.3 Å². The molecular formula is C16H19N5O. The van der Waals surface area contributed by atoms with E-state index in [2.05, 4.69) is 25.4 Å². The largest absolute Gasteiger partial charge is 0.340 e. The lowest BCUT2D eigenvalue weighted by molar-refractivity contribution is 0.102. The number of hydrogen-bond acceptors (Lipinski definition) is 5. The van der Waals surface area contributed by atoms with Gasteiger partial charge in [0.2, 0.25) is 5.95 Å². The highest BCUT2D eigenvalue weighted by Gasteiger charge is 2.18. The fourth-order valence-electron chi connectivity index (χ4n) is 2.54. The standard InChI is InChI=1S/C16H19N5O/c1-12-14(15(22)18-13-8-4-2-5-9-13)19-20-16(17-12)21-10-6-3-7-11-21/h2,4-5,8-9H,3,6-7,10-11H2,1H3,(H,18,22). The number of amides is 1. The zero-order valence-corrected chi connectivity index (χ0v) is 12.6. The van der Waals surface area contributed by atoms with Gasteiger partial charge in [-0.15, -0.1) is 10.2 Å². The molecule has 2 aromatic rings. The maximum absolute atomic E-state index is 12.3. The summed E-state index contributed by atoms with van der Waals surface area (Å²) in [6.07, 6.45) is 3.55. The Kier molecular flexibility index (Phi) is 4.27. The number of nitrogens with zero attached hydrogens (tertiary/aromatic N) is 4. The molecule has 1 aromatic heterocycles. The van der Waals surface area contributed by atoms with Gasteiger partial charge in [0.25, 0.3) is 5.91 Å². The Bertz CT molecular complexity index is 653. The van der Waals surface area contributed by atoms with Crippen molar-refractivity contribution in [3.8, 4) is 0 Å². The van der Waals surface area contributed by atoms with Crippen molar-refractivity contribution < 1.29 is 4.79 Å². The molecule has 1 fully saturated rings. The van der Waals surface area contributed by atoms with E-state index >= 15 is 0 Å². The summed E-state index contributed by atoms with van der Waals surface area (Å²) in [5.41, 5.74) is 1.60. The number of nitrogens with one attached hydrogen (secondary N) is 1. The number of benzene rings is 1. The molecule has 1 amide bonds. The van der Waals surface area contributed by atoms with Gasteiger partial charge in [-0.3, -0.25) is 4.79 Å². The van der Waals surface area contributed by atoms with Gasteiger partial charge in [0.15, 0.2) is 5.69 Å². The maximum Gasteiger partial charge on any atom is 0.278 e. The normalized spacial score (nSPS) is 14.7. The van der Waals surface area contributed by atoms with Gasteiger partial charge in [-0.1, -0.05) is 18.2 Å². The molecule has 0 aliphatic carbocycles. The molecule has 6 heteroatoms. The topological polar surface area (TPSA) is 71.0 Å². The average molecular weight is 297 g/mol. The van der Waals surface area contributed by atoms with Crippen molar-refractivity contribution in [3.05, 3.63) is 41.7 Å². The van der Waals surface area contributed by atoms with Crippen molar-refractivity contribution in [1.82, 2.24) is 15.2 Å². The number of aromatic nitrogens is 3. The summed E-state index contributed by atoms with van der Waals surface area (Å²) >= 11 is 0. The number of carbonyl (C=O) groups is 1. The molecule has 1 aromatic carbocycles. The average Bonchev–Trinajstić information content (AvgIpc) is 2.56. The molecule has 22 heavy (non-hydrogen) atoms. The van der Waals surface area contributed by atoms with Crippen molar-refractivity contribution in [2.24, 2.45) is 0 Å². The van der Waals surface area contributed by atoms with Crippen LogP contribution in [0.4, 0.5) is 11.6 Å². The quantitative estimate of drug-likeness (QED) is 0.942. The predicted molar refractivity (Wildman–Crippen MR) is 85.0 cm³/mol. The molecule has 0 bridgehead atoms. The highest BCUT2D eigenvalue weighted by atomic mass is 16.1. The molecule has 1 saturated heterocycles. The fourth-order valence-corrected chi connectivity index (χ4v) is 2.54. The zero-order valence-electron chi connectivity index (χ0n) is 12.6. The number of carbonyl (C=O) groups excluding carboxylic acids is 1. The molecule has 1 N–H and O–H groups in total. The third-order valence-corrected chi connectivity index (χ3v) is 3.74. The summed E-state index contributed by atoms with van der Waals surface area (Å²) < 4.78 is 0. The Morgan fingerprint density at radius 1 is 1.09 bits per heavy atom. The van der Waals surface area contributed by atoms with Gasteiger partial charge in [-0.2, -0.15) is 0 Å². The summed E-state index contributed by atoms with van der Waals surface area (Å²) in [6, 6.07) is 9.29. The van der Waals surface area contributed by atoms with E-state index in [1.807, 2.05) is 30.3 Å². The summed E-state index contributed by atoms with van der Waals surface area (Å²) in [7, 11) is 0. The first-order chi connectivity index (χ1) is 10.7. The van der Waals surface area contributed by atoms with Crippen LogP contribution in [0.5, 0.6) is 0 Å². The number of rotatable bonds is 3. The highest BCUT2D eigenvalue weighted by molar-refractivity contribution is 6.03. The number of aryl methyl sites for hydroxylation is 1. The minimum absolute atomic E-state index is 0.268. The molecule has 1 aliphatic heterocycles. The molecule has 2 heterocycles. The van der Waals surface area contributed by atoms with E-state index in [1.54, 1.807) is 6.92 Å². The summed E-state index contributed by atoms with van der Waals surface area (Å²) in [5.74, 6) is 0.336. The van der Waals surface area contributed by atoms with E-state index in [-0.39, 0.29) is 11.6 Å². The van der Waals surface area contributed by atoms with Gasteiger partial charge in [0.05, 0.1) is 5.69 Å². The molecular weight excluding hydrogens is 278 g/mol. The predicted octanol–water partition coefficient (Wildman–Crippen LogP) is 2.42. The Hall–Kier alpha value is -2.50. The minimum Gasteiger partial charge on any atom is -0.340 e. The van der Waals surface area contributed by atoms with Gasteiger partial charge in [0, 0.05) is 18.8 Å². The lowest BCUT2D eigenvalue weighted by Crippen LogP contribution is -2.32. The molecule has 3 rings (SSSR count). The smallest absolute Gasteiger partial charge is 0.278 e. The maximum atomic E-state index is 12.3. The van der Waals surface area contributed by atoms with Crippen LogP contribution in [0, 0.1) is 6.92 Å². The Morgan fingerprint density at radius 3 is 2.50 bits per heavy atom. The molecule has 6 nitrogen and oxygen atoms in total. The van der Waals surface area contributed by atoms with Gasteiger partial charge >= 0.3 is 0 Å². The summed E-state index contributed by atoms with van der Waals surface area (Å²) in [4.78, 5) is 18.8. The number of hydrogen-bond donors (Lipinski definition) is 1. The molecule has 114 valence electrons. The van der Waals surface area contributed by atoms with Crippen LogP contribution >= 0.6 is 0 Å². The van der Waals surface area contributed by atoms with Crippen molar-refractivity contribution in [2.45, 2.75) is 26.2 Å². The molecule has 0 atom stereocenters. The van der Waals surface area contributed by atoms with E-state index in [9.17, 15) is 4.79 Å². The van der Waals surface area contributed by atoms with Crippen LogP contribution in [0.15, 0.2) is 30.3 Å².